The average Bonchev–Trinajstić information content (AvgIpc) is 3.02. The van der Waals surface area contributed by atoms with E-state index in [1.165, 1.54) is 18.4 Å². The first-order valence-electron chi connectivity index (χ1n) is 6.61. The van der Waals surface area contributed by atoms with E-state index in [-0.39, 0.29) is 6.09 Å². The molecule has 2 heterocycles. The maximum Gasteiger partial charge on any atom is 0.409 e. The highest BCUT2D eigenvalue weighted by atomic mass is 32.2. The number of carbonyl (C=O) groups is 1. The molecular weight excluding hydrogens is 314 g/mol. The first kappa shape index (κ1) is 16.2. The molecule has 0 aromatic carbocycles. The quantitative estimate of drug-likeness (QED) is 0.844. The van der Waals surface area contributed by atoms with Gasteiger partial charge in [-0.05, 0) is 11.4 Å². The summed E-state index contributed by atoms with van der Waals surface area (Å²) in [7, 11) is -2.02. The molecule has 0 unspecified atom stereocenters. The molecule has 1 amide bonds. The van der Waals surface area contributed by atoms with Crippen LogP contribution in [-0.4, -0.2) is 70.7 Å². The fraction of sp³-hybridized carbons (Fsp3) is 0.583. The van der Waals surface area contributed by atoms with Crippen LogP contribution in [0.15, 0.2) is 21.7 Å². The molecule has 118 valence electrons. The van der Waals surface area contributed by atoms with Gasteiger partial charge in [0.15, 0.2) is 0 Å². The third kappa shape index (κ3) is 4.40. The van der Waals surface area contributed by atoms with E-state index < -0.39 is 10.0 Å². The molecule has 1 aliphatic rings. The molecule has 1 fully saturated rings. The normalized spacial score (nSPS) is 16.9. The molecule has 0 aliphatic carbocycles. The Balaban J connectivity index is 1.72. The molecule has 1 aromatic heterocycles. The molecular formula is C12H19N3O4S2. The fourth-order valence-corrected chi connectivity index (χ4v) is 4.17. The summed E-state index contributed by atoms with van der Waals surface area (Å²) in [6.45, 7) is 3.62. The van der Waals surface area contributed by atoms with E-state index in [1.54, 1.807) is 22.4 Å². The Morgan fingerprint density at radius 3 is 2.67 bits per heavy atom. The second kappa shape index (κ2) is 7.21. The standard InChI is InChI=1S/C12H19N3O4S2/c1-19-12(16)15-8-6-14(7-9-15)5-4-13-21(17,18)11-3-2-10-20-11/h2-3,10,13H,4-9H2,1H3. The maximum absolute atomic E-state index is 11.9. The van der Waals surface area contributed by atoms with Crippen molar-refractivity contribution in [2.45, 2.75) is 4.21 Å². The number of nitrogens with zero attached hydrogens (tertiary/aromatic N) is 2. The van der Waals surface area contributed by atoms with Crippen molar-refractivity contribution in [2.75, 3.05) is 46.4 Å². The molecule has 0 bridgehead atoms. The first-order valence-corrected chi connectivity index (χ1v) is 8.97. The van der Waals surface area contributed by atoms with Crippen molar-refractivity contribution in [1.29, 1.82) is 0 Å². The lowest BCUT2D eigenvalue weighted by molar-refractivity contribution is 0.0918. The highest BCUT2D eigenvalue weighted by molar-refractivity contribution is 7.91. The topological polar surface area (TPSA) is 79.0 Å². The number of piperazine rings is 1. The molecule has 2 rings (SSSR count). The number of carbonyl (C=O) groups excluding carboxylic acids is 1. The van der Waals surface area contributed by atoms with Gasteiger partial charge in [-0.1, -0.05) is 6.07 Å². The Hall–Kier alpha value is -1.16. The van der Waals surface area contributed by atoms with Gasteiger partial charge in [0.1, 0.15) is 4.21 Å². The summed E-state index contributed by atoms with van der Waals surface area (Å²) < 4.78 is 31.4. The average molecular weight is 333 g/mol. The smallest absolute Gasteiger partial charge is 0.409 e. The molecule has 1 N–H and O–H groups in total. The van der Waals surface area contributed by atoms with E-state index in [1.807, 2.05) is 0 Å². The van der Waals surface area contributed by atoms with Crippen molar-refractivity contribution < 1.29 is 17.9 Å². The molecule has 0 saturated carbocycles. The number of rotatable bonds is 5. The summed E-state index contributed by atoms with van der Waals surface area (Å²) in [5.41, 5.74) is 0. The lowest BCUT2D eigenvalue weighted by atomic mass is 10.3. The van der Waals surface area contributed by atoms with Crippen molar-refractivity contribution in [3.63, 3.8) is 0 Å². The number of thiophene rings is 1. The van der Waals surface area contributed by atoms with Crippen LogP contribution in [-0.2, 0) is 14.8 Å². The second-order valence-electron chi connectivity index (χ2n) is 4.63. The Morgan fingerprint density at radius 1 is 1.38 bits per heavy atom. The summed E-state index contributed by atoms with van der Waals surface area (Å²) in [6.07, 6.45) is -0.312. The van der Waals surface area contributed by atoms with Gasteiger partial charge in [-0.2, -0.15) is 0 Å². The highest BCUT2D eigenvalue weighted by Gasteiger charge is 2.21. The Labute approximate surface area is 128 Å². The van der Waals surface area contributed by atoms with Crippen molar-refractivity contribution in [3.8, 4) is 0 Å². The molecule has 21 heavy (non-hydrogen) atoms. The van der Waals surface area contributed by atoms with Crippen LogP contribution in [0.4, 0.5) is 4.79 Å². The summed E-state index contributed by atoms with van der Waals surface area (Å²) in [5.74, 6) is 0. The minimum Gasteiger partial charge on any atom is -0.453 e. The van der Waals surface area contributed by atoms with E-state index in [4.69, 9.17) is 0 Å². The van der Waals surface area contributed by atoms with Crippen LogP contribution in [0.3, 0.4) is 0 Å². The molecule has 0 radical (unpaired) electrons. The number of nitrogens with one attached hydrogen (secondary N) is 1. The SMILES string of the molecule is COC(=O)N1CCN(CCNS(=O)(=O)c2cccs2)CC1. The van der Waals surface area contributed by atoms with Crippen LogP contribution in [0.25, 0.3) is 0 Å². The zero-order valence-electron chi connectivity index (χ0n) is 11.8. The maximum atomic E-state index is 11.9. The Kier molecular flexibility index (Phi) is 5.57. The van der Waals surface area contributed by atoms with Crippen molar-refractivity contribution in [1.82, 2.24) is 14.5 Å². The fourth-order valence-electron chi connectivity index (χ4n) is 2.11. The number of amides is 1. The largest absolute Gasteiger partial charge is 0.453 e. The second-order valence-corrected chi connectivity index (χ2v) is 7.57. The van der Waals surface area contributed by atoms with Gasteiger partial charge in [0, 0.05) is 39.3 Å². The van der Waals surface area contributed by atoms with E-state index in [9.17, 15) is 13.2 Å². The zero-order chi connectivity index (χ0) is 15.3. The van der Waals surface area contributed by atoms with Gasteiger partial charge >= 0.3 is 6.09 Å². The molecule has 9 heteroatoms. The highest BCUT2D eigenvalue weighted by Crippen LogP contribution is 2.14. The first-order chi connectivity index (χ1) is 10.0. The number of methoxy groups -OCH3 is 1. The van der Waals surface area contributed by atoms with Crippen LogP contribution >= 0.6 is 11.3 Å². The van der Waals surface area contributed by atoms with Gasteiger partial charge in [0.05, 0.1) is 7.11 Å². The molecule has 0 spiro atoms. The van der Waals surface area contributed by atoms with Crippen LogP contribution in [0.1, 0.15) is 0 Å². The summed E-state index contributed by atoms with van der Waals surface area (Å²) >= 11 is 1.20. The van der Waals surface area contributed by atoms with Crippen LogP contribution in [0.2, 0.25) is 0 Å². The number of ether oxygens (including phenoxy) is 1. The molecule has 1 aliphatic heterocycles. The zero-order valence-corrected chi connectivity index (χ0v) is 13.5. The van der Waals surface area contributed by atoms with Crippen molar-refractivity contribution in [3.05, 3.63) is 17.5 Å². The van der Waals surface area contributed by atoms with Gasteiger partial charge in [-0.25, -0.2) is 17.9 Å². The number of hydrogen-bond acceptors (Lipinski definition) is 6. The predicted molar refractivity (Wildman–Crippen MR) is 79.9 cm³/mol. The molecule has 7 nitrogen and oxygen atoms in total. The lowest BCUT2D eigenvalue weighted by Gasteiger charge is -2.33. The number of sulfonamides is 1. The van der Waals surface area contributed by atoms with Gasteiger partial charge in [-0.3, -0.25) is 4.90 Å². The Morgan fingerprint density at radius 2 is 2.10 bits per heavy atom. The summed E-state index contributed by atoms with van der Waals surface area (Å²) in [5, 5.41) is 1.74. The van der Waals surface area contributed by atoms with Gasteiger partial charge in [-0.15, -0.1) is 11.3 Å². The van der Waals surface area contributed by atoms with Gasteiger partial charge < -0.3 is 9.64 Å². The third-order valence-electron chi connectivity index (χ3n) is 3.29. The van der Waals surface area contributed by atoms with E-state index in [0.29, 0.717) is 30.4 Å². The van der Waals surface area contributed by atoms with Crippen LogP contribution in [0, 0.1) is 0 Å². The van der Waals surface area contributed by atoms with Gasteiger partial charge in [0.25, 0.3) is 0 Å². The molecule has 0 atom stereocenters. The molecule has 1 saturated heterocycles. The molecule has 1 aromatic rings. The monoisotopic (exact) mass is 333 g/mol. The minimum atomic E-state index is -3.39. The van der Waals surface area contributed by atoms with Crippen molar-refractivity contribution in [2.24, 2.45) is 0 Å². The summed E-state index contributed by atoms with van der Waals surface area (Å²) in [4.78, 5) is 15.1. The third-order valence-corrected chi connectivity index (χ3v) is 6.14. The van der Waals surface area contributed by atoms with Crippen molar-refractivity contribution >= 4 is 27.5 Å². The van der Waals surface area contributed by atoms with Crippen LogP contribution < -0.4 is 4.72 Å². The minimum absolute atomic E-state index is 0.312. The van der Waals surface area contributed by atoms with E-state index in [2.05, 4.69) is 14.4 Å². The van der Waals surface area contributed by atoms with E-state index in [0.717, 1.165) is 13.1 Å². The van der Waals surface area contributed by atoms with Crippen LogP contribution in [0.5, 0.6) is 0 Å². The summed E-state index contributed by atoms with van der Waals surface area (Å²) in [6, 6.07) is 3.30. The lowest BCUT2D eigenvalue weighted by Crippen LogP contribution is -2.50. The number of hydrogen-bond donors (Lipinski definition) is 1. The van der Waals surface area contributed by atoms with Gasteiger partial charge in [0.2, 0.25) is 10.0 Å². The van der Waals surface area contributed by atoms with E-state index >= 15 is 0 Å². The predicted octanol–water partition coefficient (Wildman–Crippen LogP) is 0.410. The Bertz CT molecular complexity index is 551.